The second kappa shape index (κ2) is 5.88. The highest BCUT2D eigenvalue weighted by atomic mass is 16.6. The van der Waals surface area contributed by atoms with Gasteiger partial charge in [0.1, 0.15) is 5.75 Å². The molecule has 0 aliphatic heterocycles. The number of nitrogens with one attached hydrogen (secondary N) is 1. The Hall–Kier alpha value is -3.22. The molecule has 0 spiro atoms. The molecule has 7 heteroatoms. The fraction of sp³-hybridized carbons (Fsp3) is 0.125. The maximum absolute atomic E-state index is 11.0. The molecule has 1 N–H and O–H groups in total. The molecule has 1 aromatic heterocycles. The first-order valence-corrected chi connectivity index (χ1v) is 6.90. The Bertz CT molecular complexity index is 856. The zero-order valence-corrected chi connectivity index (χ0v) is 12.6. The number of nitro benzene ring substituents is 1. The molecule has 0 unspecified atom stereocenters. The molecule has 1 heterocycles. The number of aryl methyl sites for hydroxylation is 1. The standard InChI is InChI=1S/C16H14N4O3/c1-10-3-5-11(6-4-10)15-17-16(19-18-15)13-9-12(20(21)22)7-8-14(13)23-2/h3-9H,1-2H3,(H,17,18,19). The molecule has 0 saturated heterocycles. The zero-order chi connectivity index (χ0) is 16.4. The maximum Gasteiger partial charge on any atom is 0.270 e. The molecule has 0 saturated carbocycles. The molecule has 0 fully saturated rings. The molecule has 0 aliphatic rings. The van der Waals surface area contributed by atoms with E-state index in [1.807, 2.05) is 31.2 Å². The number of hydrogen-bond donors (Lipinski definition) is 1. The molecule has 7 nitrogen and oxygen atoms in total. The van der Waals surface area contributed by atoms with Crippen LogP contribution in [0.15, 0.2) is 42.5 Å². The summed E-state index contributed by atoms with van der Waals surface area (Å²) in [6.07, 6.45) is 0. The molecule has 3 rings (SSSR count). The molecular weight excluding hydrogens is 296 g/mol. The third-order valence-corrected chi connectivity index (χ3v) is 3.44. The van der Waals surface area contributed by atoms with Crippen LogP contribution in [0.2, 0.25) is 0 Å². The molecular formula is C16H14N4O3. The van der Waals surface area contributed by atoms with Crippen molar-refractivity contribution >= 4 is 5.69 Å². The maximum atomic E-state index is 11.0. The van der Waals surface area contributed by atoms with Gasteiger partial charge in [0, 0.05) is 17.7 Å². The van der Waals surface area contributed by atoms with Crippen molar-refractivity contribution in [2.75, 3.05) is 7.11 Å². The smallest absolute Gasteiger partial charge is 0.270 e. The number of non-ortho nitro benzene ring substituents is 1. The average Bonchev–Trinajstić information content (AvgIpc) is 3.04. The number of aromatic nitrogens is 3. The van der Waals surface area contributed by atoms with E-state index >= 15 is 0 Å². The van der Waals surface area contributed by atoms with Crippen LogP contribution in [0.25, 0.3) is 22.8 Å². The second-order valence-electron chi connectivity index (χ2n) is 5.02. The van der Waals surface area contributed by atoms with Crippen molar-refractivity contribution in [3.8, 4) is 28.5 Å². The number of rotatable bonds is 4. The van der Waals surface area contributed by atoms with Crippen molar-refractivity contribution in [3.63, 3.8) is 0 Å². The normalized spacial score (nSPS) is 10.5. The number of nitro groups is 1. The third kappa shape index (κ3) is 2.89. The first-order valence-electron chi connectivity index (χ1n) is 6.90. The molecule has 116 valence electrons. The molecule has 0 amide bonds. The summed E-state index contributed by atoms with van der Waals surface area (Å²) in [7, 11) is 1.50. The molecule has 0 radical (unpaired) electrons. The Balaban J connectivity index is 2.04. The Morgan fingerprint density at radius 3 is 2.57 bits per heavy atom. The van der Waals surface area contributed by atoms with Crippen LogP contribution in [-0.4, -0.2) is 27.2 Å². The van der Waals surface area contributed by atoms with Crippen molar-refractivity contribution in [3.05, 3.63) is 58.1 Å². The van der Waals surface area contributed by atoms with E-state index in [4.69, 9.17) is 4.74 Å². The van der Waals surface area contributed by atoms with Gasteiger partial charge >= 0.3 is 0 Å². The summed E-state index contributed by atoms with van der Waals surface area (Å²) in [5.74, 6) is 1.43. The Kier molecular flexibility index (Phi) is 3.76. The first kappa shape index (κ1) is 14.7. The Morgan fingerprint density at radius 1 is 1.17 bits per heavy atom. The lowest BCUT2D eigenvalue weighted by Crippen LogP contribution is -1.93. The van der Waals surface area contributed by atoms with E-state index < -0.39 is 4.92 Å². The predicted octanol–water partition coefficient (Wildman–Crippen LogP) is 3.36. The summed E-state index contributed by atoms with van der Waals surface area (Å²) < 4.78 is 5.25. The lowest BCUT2D eigenvalue weighted by atomic mass is 10.1. The Labute approximate surface area is 132 Å². The molecule has 0 atom stereocenters. The number of benzene rings is 2. The van der Waals surface area contributed by atoms with Crippen molar-refractivity contribution in [1.29, 1.82) is 0 Å². The number of methoxy groups -OCH3 is 1. The number of hydrogen-bond acceptors (Lipinski definition) is 5. The van der Waals surface area contributed by atoms with Crippen LogP contribution in [0.4, 0.5) is 5.69 Å². The van der Waals surface area contributed by atoms with Crippen molar-refractivity contribution in [2.24, 2.45) is 0 Å². The average molecular weight is 310 g/mol. The summed E-state index contributed by atoms with van der Waals surface area (Å²) >= 11 is 0. The SMILES string of the molecule is COc1ccc([N+](=O)[O-])cc1-c1nc(-c2ccc(C)cc2)n[nH]1. The van der Waals surface area contributed by atoms with Crippen LogP contribution in [-0.2, 0) is 0 Å². The minimum absolute atomic E-state index is 0.0333. The van der Waals surface area contributed by atoms with Crippen LogP contribution in [0.1, 0.15) is 5.56 Å². The number of nitrogens with zero attached hydrogens (tertiary/aromatic N) is 3. The van der Waals surface area contributed by atoms with Gasteiger partial charge in [0.05, 0.1) is 17.6 Å². The lowest BCUT2D eigenvalue weighted by molar-refractivity contribution is -0.384. The van der Waals surface area contributed by atoms with Crippen molar-refractivity contribution in [2.45, 2.75) is 6.92 Å². The summed E-state index contributed by atoms with van der Waals surface area (Å²) in [5, 5.41) is 18.0. The predicted molar refractivity (Wildman–Crippen MR) is 85.2 cm³/mol. The van der Waals surface area contributed by atoms with Gasteiger partial charge in [-0.1, -0.05) is 29.8 Å². The first-order chi connectivity index (χ1) is 11.1. The van der Waals surface area contributed by atoms with Crippen molar-refractivity contribution in [1.82, 2.24) is 15.2 Å². The van der Waals surface area contributed by atoms with Gasteiger partial charge in [0.15, 0.2) is 11.6 Å². The third-order valence-electron chi connectivity index (χ3n) is 3.44. The summed E-state index contributed by atoms with van der Waals surface area (Å²) in [4.78, 5) is 14.9. The topological polar surface area (TPSA) is 93.9 Å². The monoisotopic (exact) mass is 310 g/mol. The summed E-state index contributed by atoms with van der Waals surface area (Å²) in [5.41, 5.74) is 2.47. The van der Waals surface area contributed by atoms with E-state index in [0.29, 0.717) is 23.0 Å². The molecule has 0 aliphatic carbocycles. The number of H-pyrrole nitrogens is 1. The molecule has 2 aromatic carbocycles. The van der Waals surface area contributed by atoms with E-state index in [2.05, 4.69) is 15.2 Å². The summed E-state index contributed by atoms with van der Waals surface area (Å²) in [6, 6.07) is 12.1. The van der Waals surface area contributed by atoms with Crippen LogP contribution in [0, 0.1) is 17.0 Å². The van der Waals surface area contributed by atoms with Crippen LogP contribution in [0.5, 0.6) is 5.75 Å². The largest absolute Gasteiger partial charge is 0.496 e. The van der Waals surface area contributed by atoms with Gasteiger partial charge in [-0.2, -0.15) is 5.10 Å². The number of aromatic amines is 1. The van der Waals surface area contributed by atoms with E-state index in [-0.39, 0.29) is 5.69 Å². The van der Waals surface area contributed by atoms with Gasteiger partial charge in [0.25, 0.3) is 5.69 Å². The van der Waals surface area contributed by atoms with E-state index in [1.54, 1.807) is 6.07 Å². The Morgan fingerprint density at radius 2 is 1.91 bits per heavy atom. The van der Waals surface area contributed by atoms with Gasteiger partial charge in [-0.25, -0.2) is 4.98 Å². The highest BCUT2D eigenvalue weighted by molar-refractivity contribution is 5.69. The molecule has 0 bridgehead atoms. The van der Waals surface area contributed by atoms with Crippen LogP contribution in [0.3, 0.4) is 0 Å². The fourth-order valence-corrected chi connectivity index (χ4v) is 2.21. The molecule has 3 aromatic rings. The van der Waals surface area contributed by atoms with Crippen LogP contribution < -0.4 is 4.74 Å². The van der Waals surface area contributed by atoms with E-state index in [9.17, 15) is 10.1 Å². The quantitative estimate of drug-likeness (QED) is 0.589. The minimum Gasteiger partial charge on any atom is -0.496 e. The fourth-order valence-electron chi connectivity index (χ4n) is 2.21. The van der Waals surface area contributed by atoms with Gasteiger partial charge in [-0.05, 0) is 13.0 Å². The minimum atomic E-state index is -0.458. The number of ether oxygens (including phenoxy) is 1. The van der Waals surface area contributed by atoms with Crippen molar-refractivity contribution < 1.29 is 9.66 Å². The van der Waals surface area contributed by atoms with Gasteiger partial charge in [-0.3, -0.25) is 15.2 Å². The summed E-state index contributed by atoms with van der Waals surface area (Å²) in [6.45, 7) is 2.00. The molecule has 23 heavy (non-hydrogen) atoms. The van der Waals surface area contributed by atoms with Gasteiger partial charge < -0.3 is 4.74 Å². The highest BCUT2D eigenvalue weighted by Crippen LogP contribution is 2.32. The lowest BCUT2D eigenvalue weighted by Gasteiger charge is -2.05. The van der Waals surface area contributed by atoms with Crippen LogP contribution >= 0.6 is 0 Å². The van der Waals surface area contributed by atoms with E-state index in [1.165, 1.54) is 19.2 Å². The second-order valence-corrected chi connectivity index (χ2v) is 5.02. The zero-order valence-electron chi connectivity index (χ0n) is 12.6. The highest BCUT2D eigenvalue weighted by Gasteiger charge is 2.16. The van der Waals surface area contributed by atoms with Gasteiger partial charge in [-0.15, -0.1) is 0 Å². The van der Waals surface area contributed by atoms with Gasteiger partial charge in [0.2, 0.25) is 0 Å². The van der Waals surface area contributed by atoms with E-state index in [0.717, 1.165) is 11.1 Å².